The Hall–Kier alpha value is -2.86. The van der Waals surface area contributed by atoms with Crippen molar-refractivity contribution in [3.05, 3.63) is 70.9 Å². The minimum Gasteiger partial charge on any atom is -0.490 e. The van der Waals surface area contributed by atoms with Crippen LogP contribution in [0.25, 0.3) is 0 Å². The Labute approximate surface area is 190 Å². The number of nitrogens with zero attached hydrogens (tertiary/aromatic N) is 1. The standard InChI is InChI=1S/C25H30N2O3S/c1-5-15-30-20-14-13-19(16-21(20)29-7-3)23-22(17(4)27(6-2)25(31)26-23)24(28)18-11-9-8-10-12-18/h8-14,16,23H,5-7,15H2,1-4H3,(H,26,31). The van der Waals surface area contributed by atoms with Crippen molar-refractivity contribution in [2.45, 2.75) is 40.2 Å². The van der Waals surface area contributed by atoms with Crippen molar-refractivity contribution < 1.29 is 14.3 Å². The van der Waals surface area contributed by atoms with E-state index in [-0.39, 0.29) is 11.8 Å². The first-order valence-corrected chi connectivity index (χ1v) is 11.2. The number of ether oxygens (including phenoxy) is 2. The second-order valence-electron chi connectivity index (χ2n) is 7.31. The Morgan fingerprint density at radius 2 is 1.81 bits per heavy atom. The molecule has 1 atom stereocenters. The van der Waals surface area contributed by atoms with Crippen LogP contribution < -0.4 is 14.8 Å². The number of thiocarbonyl (C=S) groups is 1. The van der Waals surface area contributed by atoms with Gasteiger partial charge >= 0.3 is 0 Å². The van der Waals surface area contributed by atoms with E-state index in [0.717, 1.165) is 17.7 Å². The maximum absolute atomic E-state index is 13.6. The van der Waals surface area contributed by atoms with Gasteiger partial charge in [0.2, 0.25) is 0 Å². The molecule has 5 nitrogen and oxygen atoms in total. The SMILES string of the molecule is CCCOc1ccc(C2NC(=S)N(CC)C(C)=C2C(=O)c2ccccc2)cc1OCC. The molecule has 0 aromatic heterocycles. The summed E-state index contributed by atoms with van der Waals surface area (Å²) in [6, 6.07) is 14.8. The predicted molar refractivity (Wildman–Crippen MR) is 128 cm³/mol. The summed E-state index contributed by atoms with van der Waals surface area (Å²) < 4.78 is 11.7. The van der Waals surface area contributed by atoms with Gasteiger partial charge in [0.05, 0.1) is 19.3 Å². The summed E-state index contributed by atoms with van der Waals surface area (Å²) in [7, 11) is 0. The lowest BCUT2D eigenvalue weighted by Crippen LogP contribution is -2.47. The molecular formula is C25H30N2O3S. The lowest BCUT2D eigenvalue weighted by molar-refractivity contribution is 0.102. The molecule has 6 heteroatoms. The predicted octanol–water partition coefficient (Wildman–Crippen LogP) is 5.28. The van der Waals surface area contributed by atoms with Gasteiger partial charge in [-0.15, -0.1) is 0 Å². The summed E-state index contributed by atoms with van der Waals surface area (Å²) in [6.45, 7) is 9.82. The number of nitrogens with one attached hydrogen (secondary N) is 1. The first kappa shape index (κ1) is 22.8. The van der Waals surface area contributed by atoms with Crippen LogP contribution in [0.4, 0.5) is 0 Å². The Bertz CT molecular complexity index is 972. The van der Waals surface area contributed by atoms with Gasteiger partial charge in [0.25, 0.3) is 0 Å². The number of ketones is 1. The molecule has 3 rings (SSSR count). The van der Waals surface area contributed by atoms with Gasteiger partial charge in [-0.3, -0.25) is 4.79 Å². The van der Waals surface area contributed by atoms with Gasteiger partial charge in [-0.2, -0.15) is 0 Å². The highest BCUT2D eigenvalue weighted by Crippen LogP contribution is 2.37. The van der Waals surface area contributed by atoms with E-state index in [1.54, 1.807) is 0 Å². The number of Topliss-reactive ketones (excluding diaryl/α,β-unsaturated/α-hetero) is 1. The van der Waals surface area contributed by atoms with Gasteiger partial charge in [0, 0.05) is 23.4 Å². The molecule has 2 aromatic carbocycles. The molecule has 0 aliphatic carbocycles. The second kappa shape index (κ2) is 10.4. The van der Waals surface area contributed by atoms with E-state index in [4.69, 9.17) is 21.7 Å². The smallest absolute Gasteiger partial charge is 0.193 e. The molecule has 0 radical (unpaired) electrons. The van der Waals surface area contributed by atoms with E-state index < -0.39 is 0 Å². The molecule has 31 heavy (non-hydrogen) atoms. The molecule has 1 aliphatic rings. The van der Waals surface area contributed by atoms with E-state index in [9.17, 15) is 4.79 Å². The lowest BCUT2D eigenvalue weighted by Gasteiger charge is -2.37. The maximum Gasteiger partial charge on any atom is 0.193 e. The zero-order chi connectivity index (χ0) is 22.4. The summed E-state index contributed by atoms with van der Waals surface area (Å²) in [5.74, 6) is 1.36. The molecule has 1 aliphatic heterocycles. The Morgan fingerprint density at radius 3 is 2.45 bits per heavy atom. The fourth-order valence-corrected chi connectivity index (χ4v) is 4.14. The third kappa shape index (κ3) is 4.90. The van der Waals surface area contributed by atoms with Crippen LogP contribution >= 0.6 is 12.2 Å². The molecule has 0 amide bonds. The zero-order valence-electron chi connectivity index (χ0n) is 18.6. The average molecular weight is 439 g/mol. The highest BCUT2D eigenvalue weighted by Gasteiger charge is 2.34. The normalized spacial score (nSPS) is 16.2. The van der Waals surface area contributed by atoms with Gasteiger partial charge in [-0.05, 0) is 57.1 Å². The highest BCUT2D eigenvalue weighted by molar-refractivity contribution is 7.80. The van der Waals surface area contributed by atoms with Gasteiger partial charge in [0.15, 0.2) is 22.4 Å². The zero-order valence-corrected chi connectivity index (χ0v) is 19.4. The van der Waals surface area contributed by atoms with E-state index in [1.807, 2.05) is 74.2 Å². The van der Waals surface area contributed by atoms with Crippen molar-refractivity contribution in [3.8, 4) is 11.5 Å². The Kier molecular flexibility index (Phi) is 7.69. The molecule has 0 bridgehead atoms. The van der Waals surface area contributed by atoms with Crippen LogP contribution in [0.3, 0.4) is 0 Å². The number of hydrogen-bond acceptors (Lipinski definition) is 4. The topological polar surface area (TPSA) is 50.8 Å². The Balaban J connectivity index is 2.09. The minimum atomic E-state index is -0.373. The molecule has 1 heterocycles. The first-order chi connectivity index (χ1) is 15.0. The van der Waals surface area contributed by atoms with Gasteiger partial charge in [-0.25, -0.2) is 0 Å². The van der Waals surface area contributed by atoms with E-state index in [0.29, 0.717) is 47.5 Å². The van der Waals surface area contributed by atoms with E-state index >= 15 is 0 Å². The fraction of sp³-hybridized carbons (Fsp3) is 0.360. The average Bonchev–Trinajstić information content (AvgIpc) is 2.78. The number of benzene rings is 2. The number of carbonyl (C=O) groups excluding carboxylic acids is 1. The van der Waals surface area contributed by atoms with E-state index in [1.165, 1.54) is 0 Å². The van der Waals surface area contributed by atoms with Crippen LogP contribution in [-0.4, -0.2) is 35.6 Å². The van der Waals surface area contributed by atoms with Crippen molar-refractivity contribution >= 4 is 23.1 Å². The second-order valence-corrected chi connectivity index (χ2v) is 7.70. The Morgan fingerprint density at radius 1 is 1.06 bits per heavy atom. The van der Waals surface area contributed by atoms with Crippen LogP contribution in [0.2, 0.25) is 0 Å². The monoisotopic (exact) mass is 438 g/mol. The molecule has 164 valence electrons. The summed E-state index contributed by atoms with van der Waals surface area (Å²) in [5.41, 5.74) is 3.12. The lowest BCUT2D eigenvalue weighted by atomic mass is 9.89. The highest BCUT2D eigenvalue weighted by atomic mass is 32.1. The van der Waals surface area contributed by atoms with Gasteiger partial charge < -0.3 is 19.7 Å². The fourth-order valence-electron chi connectivity index (χ4n) is 3.76. The van der Waals surface area contributed by atoms with E-state index in [2.05, 4.69) is 12.2 Å². The van der Waals surface area contributed by atoms with Crippen molar-refractivity contribution in [3.63, 3.8) is 0 Å². The first-order valence-electron chi connectivity index (χ1n) is 10.8. The largest absolute Gasteiger partial charge is 0.490 e. The number of carbonyl (C=O) groups is 1. The van der Waals surface area contributed by atoms with Crippen LogP contribution in [0.15, 0.2) is 59.8 Å². The van der Waals surface area contributed by atoms with Gasteiger partial charge in [-0.1, -0.05) is 43.3 Å². The summed E-state index contributed by atoms with van der Waals surface area (Å²) in [5, 5.41) is 3.99. The molecular weight excluding hydrogens is 408 g/mol. The molecule has 0 saturated carbocycles. The molecule has 0 spiro atoms. The molecule has 1 N–H and O–H groups in total. The number of hydrogen-bond donors (Lipinski definition) is 1. The molecule has 0 fully saturated rings. The quantitative estimate of drug-likeness (QED) is 0.425. The number of rotatable bonds is 9. The number of allylic oxidation sites excluding steroid dienone is 1. The van der Waals surface area contributed by atoms with Gasteiger partial charge in [0.1, 0.15) is 0 Å². The third-order valence-corrected chi connectivity index (χ3v) is 5.59. The third-order valence-electron chi connectivity index (χ3n) is 5.26. The summed E-state index contributed by atoms with van der Waals surface area (Å²) in [4.78, 5) is 15.5. The summed E-state index contributed by atoms with van der Waals surface area (Å²) >= 11 is 5.62. The van der Waals surface area contributed by atoms with Crippen LogP contribution in [-0.2, 0) is 0 Å². The molecule has 1 unspecified atom stereocenters. The molecule has 2 aromatic rings. The van der Waals surface area contributed by atoms with Crippen molar-refractivity contribution in [1.82, 2.24) is 10.2 Å². The van der Waals surface area contributed by atoms with Crippen LogP contribution in [0.5, 0.6) is 11.5 Å². The van der Waals surface area contributed by atoms with Crippen LogP contribution in [0.1, 0.15) is 56.1 Å². The molecule has 0 saturated heterocycles. The maximum atomic E-state index is 13.6. The minimum absolute atomic E-state index is 0.0131. The van der Waals surface area contributed by atoms with Crippen LogP contribution in [0, 0.1) is 0 Å². The van der Waals surface area contributed by atoms with Crippen molar-refractivity contribution in [2.24, 2.45) is 0 Å². The van der Waals surface area contributed by atoms with Crippen molar-refractivity contribution in [1.29, 1.82) is 0 Å². The summed E-state index contributed by atoms with van der Waals surface area (Å²) in [6.07, 6.45) is 0.913. The van der Waals surface area contributed by atoms with Crippen molar-refractivity contribution in [2.75, 3.05) is 19.8 Å².